The van der Waals surface area contributed by atoms with E-state index in [0.29, 0.717) is 24.6 Å². The maximum absolute atomic E-state index is 9.08. The molecule has 2 aromatic heterocycles. The first-order valence-corrected chi connectivity index (χ1v) is 10.9. The Morgan fingerprint density at radius 3 is 2.88 bits per heavy atom. The van der Waals surface area contributed by atoms with Gasteiger partial charge in [0.25, 0.3) is 0 Å². The van der Waals surface area contributed by atoms with Crippen molar-refractivity contribution in [3.63, 3.8) is 0 Å². The Hall–Kier alpha value is -3.53. The first-order chi connectivity index (χ1) is 15.8. The van der Waals surface area contributed by atoms with Crippen LogP contribution in [-0.2, 0) is 13.2 Å². The fourth-order valence-corrected chi connectivity index (χ4v) is 3.67. The molecule has 2 N–H and O–H groups in total. The Labute approximate surface area is 189 Å². The van der Waals surface area contributed by atoms with Crippen LogP contribution in [0, 0.1) is 17.2 Å². The number of aromatic nitrogens is 2. The van der Waals surface area contributed by atoms with E-state index < -0.39 is 0 Å². The van der Waals surface area contributed by atoms with Gasteiger partial charge in [0.15, 0.2) is 0 Å². The minimum atomic E-state index is 0.503. The van der Waals surface area contributed by atoms with Crippen LogP contribution < -0.4 is 15.4 Å². The van der Waals surface area contributed by atoms with Gasteiger partial charge in [-0.2, -0.15) is 5.26 Å². The van der Waals surface area contributed by atoms with Gasteiger partial charge in [-0.1, -0.05) is 36.4 Å². The monoisotopic (exact) mass is 425 g/mol. The molecule has 1 aliphatic heterocycles. The van der Waals surface area contributed by atoms with Crippen LogP contribution >= 0.6 is 0 Å². The maximum atomic E-state index is 9.08. The summed E-state index contributed by atoms with van der Waals surface area (Å²) in [6.07, 6.45) is 8.34. The number of nitrogens with one attached hydrogen (secondary N) is 2. The maximum Gasteiger partial charge on any atom is 0.123 e. The molecule has 1 atom stereocenters. The Morgan fingerprint density at radius 1 is 1.16 bits per heavy atom. The molecule has 0 amide bonds. The summed E-state index contributed by atoms with van der Waals surface area (Å²) in [6, 6.07) is 18.0. The van der Waals surface area contributed by atoms with Gasteiger partial charge in [0.05, 0.1) is 17.0 Å². The second kappa shape index (κ2) is 11.2. The highest BCUT2D eigenvalue weighted by atomic mass is 16.5. The van der Waals surface area contributed by atoms with E-state index in [1.807, 2.05) is 42.5 Å². The summed E-state index contributed by atoms with van der Waals surface area (Å²) in [5.74, 6) is 1.46. The van der Waals surface area contributed by atoms with Crippen LogP contribution in [0.25, 0.3) is 12.2 Å². The van der Waals surface area contributed by atoms with Crippen molar-refractivity contribution in [2.24, 2.45) is 5.92 Å². The third-order valence-corrected chi connectivity index (χ3v) is 5.36. The lowest BCUT2D eigenvalue weighted by Gasteiger charge is -2.12. The minimum absolute atomic E-state index is 0.503. The molecule has 0 radical (unpaired) electrons. The SMILES string of the molecule is N#Cc1cncc(/C=C/c2cc(OCc3ccccc3)cc(CNCC3CCNC3)n2)c1. The van der Waals surface area contributed by atoms with Crippen molar-refractivity contribution in [3.8, 4) is 11.8 Å². The van der Waals surface area contributed by atoms with Gasteiger partial charge >= 0.3 is 0 Å². The number of pyridine rings is 2. The molecule has 1 saturated heterocycles. The predicted molar refractivity (Wildman–Crippen MR) is 126 cm³/mol. The highest BCUT2D eigenvalue weighted by molar-refractivity contribution is 5.68. The molecule has 3 heterocycles. The van der Waals surface area contributed by atoms with Crippen LogP contribution in [0.5, 0.6) is 5.75 Å². The molecule has 32 heavy (non-hydrogen) atoms. The lowest BCUT2D eigenvalue weighted by atomic mass is 10.1. The number of hydrogen-bond donors (Lipinski definition) is 2. The molecule has 6 nitrogen and oxygen atoms in total. The summed E-state index contributed by atoms with van der Waals surface area (Å²) in [5, 5.41) is 16.0. The first kappa shape index (κ1) is 21.7. The fourth-order valence-electron chi connectivity index (χ4n) is 3.67. The summed E-state index contributed by atoms with van der Waals surface area (Å²) in [4.78, 5) is 8.89. The third kappa shape index (κ3) is 6.48. The highest BCUT2D eigenvalue weighted by Gasteiger charge is 2.13. The number of rotatable bonds is 9. The van der Waals surface area contributed by atoms with E-state index in [0.717, 1.165) is 47.9 Å². The van der Waals surface area contributed by atoms with Crippen molar-refractivity contribution >= 4 is 12.2 Å². The van der Waals surface area contributed by atoms with Crippen LogP contribution in [0.15, 0.2) is 60.9 Å². The van der Waals surface area contributed by atoms with Crippen molar-refractivity contribution in [1.29, 1.82) is 5.26 Å². The van der Waals surface area contributed by atoms with Crippen LogP contribution in [0.4, 0.5) is 0 Å². The van der Waals surface area contributed by atoms with E-state index in [9.17, 15) is 0 Å². The average molecular weight is 426 g/mol. The smallest absolute Gasteiger partial charge is 0.123 e. The summed E-state index contributed by atoms with van der Waals surface area (Å²) in [7, 11) is 0. The van der Waals surface area contributed by atoms with Gasteiger partial charge in [0, 0.05) is 31.1 Å². The molecule has 3 aromatic rings. The molecular weight excluding hydrogens is 398 g/mol. The molecule has 1 aliphatic rings. The van der Waals surface area contributed by atoms with Gasteiger partial charge < -0.3 is 15.4 Å². The Kier molecular flexibility index (Phi) is 7.59. The fraction of sp³-hybridized carbons (Fsp3) is 0.269. The Balaban J connectivity index is 1.48. The Bertz CT molecular complexity index is 1080. The van der Waals surface area contributed by atoms with E-state index in [1.165, 1.54) is 6.42 Å². The number of nitriles is 1. The Morgan fingerprint density at radius 2 is 2.06 bits per heavy atom. The molecule has 6 heteroatoms. The van der Waals surface area contributed by atoms with E-state index >= 15 is 0 Å². The molecule has 4 rings (SSSR count). The largest absolute Gasteiger partial charge is 0.489 e. The van der Waals surface area contributed by atoms with Crippen LogP contribution in [-0.4, -0.2) is 29.6 Å². The summed E-state index contributed by atoms with van der Waals surface area (Å²) in [6.45, 7) is 4.34. The molecule has 0 saturated carbocycles. The van der Waals surface area contributed by atoms with Crippen molar-refractivity contribution in [2.75, 3.05) is 19.6 Å². The van der Waals surface area contributed by atoms with Crippen molar-refractivity contribution in [3.05, 3.63) is 89.0 Å². The van der Waals surface area contributed by atoms with Gasteiger partial charge in [-0.3, -0.25) is 9.97 Å². The second-order valence-electron chi connectivity index (χ2n) is 7.94. The minimum Gasteiger partial charge on any atom is -0.489 e. The zero-order chi connectivity index (χ0) is 22.0. The van der Waals surface area contributed by atoms with Crippen LogP contribution in [0.3, 0.4) is 0 Å². The van der Waals surface area contributed by atoms with Gasteiger partial charge in [-0.25, -0.2) is 0 Å². The summed E-state index contributed by atoms with van der Waals surface area (Å²) >= 11 is 0. The molecular formula is C26H27N5O. The number of ether oxygens (including phenoxy) is 1. The first-order valence-electron chi connectivity index (χ1n) is 10.9. The van der Waals surface area contributed by atoms with Gasteiger partial charge in [0.1, 0.15) is 18.4 Å². The average Bonchev–Trinajstić information content (AvgIpc) is 3.36. The molecule has 0 aliphatic carbocycles. The topological polar surface area (TPSA) is 82.9 Å². The molecule has 1 aromatic carbocycles. The standard InChI is InChI=1S/C26H27N5O/c27-13-23-10-21(14-29-17-23)6-7-24-11-26(32-19-20-4-2-1-3-5-20)12-25(31-24)18-30-16-22-8-9-28-15-22/h1-7,10-12,14,17,22,28,30H,8-9,15-16,18-19H2/b7-6+. The molecule has 1 unspecified atom stereocenters. The zero-order valence-electron chi connectivity index (χ0n) is 18.0. The number of benzene rings is 1. The van der Waals surface area contributed by atoms with Crippen molar-refractivity contribution in [1.82, 2.24) is 20.6 Å². The van der Waals surface area contributed by atoms with Crippen molar-refractivity contribution < 1.29 is 4.74 Å². The van der Waals surface area contributed by atoms with Gasteiger partial charge in [-0.15, -0.1) is 0 Å². The normalized spacial score (nSPS) is 15.7. The third-order valence-electron chi connectivity index (χ3n) is 5.36. The molecule has 0 spiro atoms. The molecule has 1 fully saturated rings. The van der Waals surface area contributed by atoms with Crippen LogP contribution in [0.2, 0.25) is 0 Å². The summed E-state index contributed by atoms with van der Waals surface area (Å²) < 4.78 is 6.07. The van der Waals surface area contributed by atoms with Gasteiger partial charge in [0.2, 0.25) is 0 Å². The number of hydrogen-bond acceptors (Lipinski definition) is 6. The lowest BCUT2D eigenvalue weighted by molar-refractivity contribution is 0.305. The van der Waals surface area contributed by atoms with E-state index in [4.69, 9.17) is 15.0 Å². The van der Waals surface area contributed by atoms with Crippen molar-refractivity contribution in [2.45, 2.75) is 19.6 Å². The number of nitrogens with zero attached hydrogens (tertiary/aromatic N) is 3. The van der Waals surface area contributed by atoms with E-state index in [-0.39, 0.29) is 0 Å². The quantitative estimate of drug-likeness (QED) is 0.543. The summed E-state index contributed by atoms with van der Waals surface area (Å²) in [5.41, 5.74) is 4.25. The van der Waals surface area contributed by atoms with Crippen LogP contribution in [0.1, 0.15) is 34.5 Å². The predicted octanol–water partition coefficient (Wildman–Crippen LogP) is 3.80. The van der Waals surface area contributed by atoms with E-state index in [2.05, 4.69) is 33.8 Å². The molecule has 0 bridgehead atoms. The van der Waals surface area contributed by atoms with Gasteiger partial charge in [-0.05, 0) is 55.2 Å². The lowest BCUT2D eigenvalue weighted by Crippen LogP contribution is -2.24. The highest BCUT2D eigenvalue weighted by Crippen LogP contribution is 2.19. The van der Waals surface area contributed by atoms with E-state index in [1.54, 1.807) is 18.5 Å². The second-order valence-corrected chi connectivity index (χ2v) is 7.94. The zero-order valence-corrected chi connectivity index (χ0v) is 18.0. The molecule has 162 valence electrons.